The van der Waals surface area contributed by atoms with E-state index in [1.54, 1.807) is 24.1 Å². The second-order valence-corrected chi connectivity index (χ2v) is 7.95. The van der Waals surface area contributed by atoms with Gasteiger partial charge in [-0.3, -0.25) is 20.7 Å². The van der Waals surface area contributed by atoms with E-state index in [1.165, 1.54) is 0 Å². The molecule has 0 aliphatic heterocycles. The minimum Gasteiger partial charge on any atom is -0.387 e. The van der Waals surface area contributed by atoms with Gasteiger partial charge in [-0.05, 0) is 30.7 Å². The van der Waals surface area contributed by atoms with Gasteiger partial charge in [0.05, 0.1) is 24.0 Å². The van der Waals surface area contributed by atoms with Gasteiger partial charge in [0, 0.05) is 29.7 Å². The topological polar surface area (TPSA) is 95.6 Å². The van der Waals surface area contributed by atoms with Crippen molar-refractivity contribution < 1.29 is 5.11 Å². The van der Waals surface area contributed by atoms with Crippen LogP contribution in [0.4, 0.5) is 5.69 Å². The molecule has 1 atom stereocenters. The summed E-state index contributed by atoms with van der Waals surface area (Å²) < 4.78 is 0. The maximum Gasteiger partial charge on any atom is 0.120 e. The van der Waals surface area contributed by atoms with E-state index in [0.717, 1.165) is 11.1 Å². The lowest BCUT2D eigenvalue weighted by Crippen LogP contribution is -2.42. The van der Waals surface area contributed by atoms with Gasteiger partial charge in [-0.1, -0.05) is 72.3 Å². The highest BCUT2D eigenvalue weighted by Gasteiger charge is 2.21. The maximum atomic E-state index is 10.4. The summed E-state index contributed by atoms with van der Waals surface area (Å²) in [5, 5.41) is 31.7. The Kier molecular flexibility index (Phi) is 8.49. The number of anilines is 1. The smallest absolute Gasteiger partial charge is 0.120 e. The molecular formula is C26H28ClN5O. The molecule has 0 spiro atoms. The lowest BCUT2D eigenvalue weighted by Gasteiger charge is -2.27. The SMILES string of the molecule is CN=C(C)N(C(=N)CNCC(O)c1ccccc1)c1ccccc1C(=N)c1ccc(Cl)cc1. The summed E-state index contributed by atoms with van der Waals surface area (Å²) in [6, 6.07) is 24.0. The maximum absolute atomic E-state index is 10.4. The largest absolute Gasteiger partial charge is 0.387 e. The van der Waals surface area contributed by atoms with Gasteiger partial charge in [0.15, 0.2) is 0 Å². The van der Waals surface area contributed by atoms with E-state index < -0.39 is 6.10 Å². The van der Waals surface area contributed by atoms with E-state index in [-0.39, 0.29) is 12.4 Å². The van der Waals surface area contributed by atoms with E-state index >= 15 is 0 Å². The average Bonchev–Trinajstić information content (AvgIpc) is 2.85. The van der Waals surface area contributed by atoms with Gasteiger partial charge >= 0.3 is 0 Å². The van der Waals surface area contributed by atoms with Crippen LogP contribution in [-0.2, 0) is 0 Å². The summed E-state index contributed by atoms with van der Waals surface area (Å²) in [7, 11) is 1.68. The van der Waals surface area contributed by atoms with Crippen molar-refractivity contribution in [1.29, 1.82) is 10.8 Å². The number of aliphatic hydroxyl groups excluding tert-OH is 1. The highest BCUT2D eigenvalue weighted by molar-refractivity contribution is 6.30. The molecule has 0 bridgehead atoms. The Morgan fingerprint density at radius 3 is 2.30 bits per heavy atom. The number of hydrogen-bond donors (Lipinski definition) is 4. The molecule has 0 saturated carbocycles. The molecule has 0 saturated heterocycles. The van der Waals surface area contributed by atoms with Gasteiger partial charge in [-0.15, -0.1) is 0 Å². The third-order valence-corrected chi connectivity index (χ3v) is 5.53. The molecule has 0 amide bonds. The Bertz CT molecular complexity index is 1130. The van der Waals surface area contributed by atoms with Crippen LogP contribution in [0.25, 0.3) is 0 Å². The number of amidine groups is 2. The molecule has 0 aromatic heterocycles. The zero-order chi connectivity index (χ0) is 23.8. The average molecular weight is 462 g/mol. The quantitative estimate of drug-likeness (QED) is 0.283. The molecule has 3 rings (SSSR count). The Morgan fingerprint density at radius 1 is 1.00 bits per heavy atom. The predicted molar refractivity (Wildman–Crippen MR) is 137 cm³/mol. The van der Waals surface area contributed by atoms with Gasteiger partial charge in [0.25, 0.3) is 0 Å². The monoisotopic (exact) mass is 461 g/mol. The van der Waals surface area contributed by atoms with Crippen LogP contribution < -0.4 is 10.2 Å². The summed E-state index contributed by atoms with van der Waals surface area (Å²) in [6.07, 6.45) is -0.668. The van der Waals surface area contributed by atoms with Crippen LogP contribution in [0.3, 0.4) is 0 Å². The molecule has 0 fully saturated rings. The zero-order valence-corrected chi connectivity index (χ0v) is 19.5. The van der Waals surface area contributed by atoms with Crippen molar-refractivity contribution in [3.63, 3.8) is 0 Å². The second-order valence-electron chi connectivity index (χ2n) is 7.51. The Hall–Kier alpha value is -3.32. The second kappa shape index (κ2) is 11.5. The molecule has 3 aromatic rings. The number of halogens is 1. The van der Waals surface area contributed by atoms with Gasteiger partial charge in [0.1, 0.15) is 11.7 Å². The number of aliphatic imine (C=N–C) groups is 1. The fourth-order valence-electron chi connectivity index (χ4n) is 3.47. The number of nitrogens with zero attached hydrogens (tertiary/aromatic N) is 2. The molecule has 1 unspecified atom stereocenters. The molecule has 33 heavy (non-hydrogen) atoms. The van der Waals surface area contributed by atoms with Crippen molar-refractivity contribution in [2.24, 2.45) is 4.99 Å². The minimum atomic E-state index is -0.668. The number of rotatable bonds is 8. The predicted octanol–water partition coefficient (Wildman–Crippen LogP) is 4.91. The van der Waals surface area contributed by atoms with Gasteiger partial charge in [-0.25, -0.2) is 0 Å². The molecule has 7 heteroatoms. The molecule has 170 valence electrons. The number of hydrogen-bond acceptors (Lipinski definition) is 5. The molecule has 6 nitrogen and oxygen atoms in total. The van der Waals surface area contributed by atoms with E-state index in [0.29, 0.717) is 34.4 Å². The molecule has 4 N–H and O–H groups in total. The van der Waals surface area contributed by atoms with E-state index in [2.05, 4.69) is 10.3 Å². The van der Waals surface area contributed by atoms with Crippen LogP contribution in [0, 0.1) is 10.8 Å². The van der Waals surface area contributed by atoms with Crippen LogP contribution in [0.15, 0.2) is 83.9 Å². The first-order valence-electron chi connectivity index (χ1n) is 10.6. The Morgan fingerprint density at radius 2 is 1.64 bits per heavy atom. The molecule has 3 aromatic carbocycles. The van der Waals surface area contributed by atoms with Crippen molar-refractivity contribution in [3.8, 4) is 0 Å². The third kappa shape index (κ3) is 6.14. The summed E-state index contributed by atoms with van der Waals surface area (Å²) in [6.45, 7) is 2.36. The highest BCUT2D eigenvalue weighted by Crippen LogP contribution is 2.25. The lowest BCUT2D eigenvalue weighted by atomic mass is 10.00. The first-order chi connectivity index (χ1) is 15.9. The van der Waals surface area contributed by atoms with E-state index in [9.17, 15) is 5.11 Å². The first-order valence-corrected chi connectivity index (χ1v) is 11.0. The van der Waals surface area contributed by atoms with Crippen molar-refractivity contribution in [3.05, 3.63) is 101 Å². The lowest BCUT2D eigenvalue weighted by molar-refractivity contribution is 0.176. The van der Waals surface area contributed by atoms with Crippen molar-refractivity contribution >= 4 is 34.7 Å². The van der Waals surface area contributed by atoms with Gasteiger partial charge in [-0.2, -0.15) is 0 Å². The zero-order valence-electron chi connectivity index (χ0n) is 18.7. The number of nitrogens with one attached hydrogen (secondary N) is 3. The van der Waals surface area contributed by atoms with Gasteiger partial charge in [0.2, 0.25) is 0 Å². The van der Waals surface area contributed by atoms with E-state index in [1.807, 2.05) is 73.7 Å². The van der Waals surface area contributed by atoms with Crippen LogP contribution in [-0.4, -0.2) is 42.6 Å². The number of benzene rings is 3. The molecular weight excluding hydrogens is 434 g/mol. The van der Waals surface area contributed by atoms with Crippen molar-refractivity contribution in [2.45, 2.75) is 13.0 Å². The number of para-hydroxylation sites is 1. The summed E-state index contributed by atoms with van der Waals surface area (Å²) in [4.78, 5) is 6.02. The fraction of sp³-hybridized carbons (Fsp3) is 0.192. The van der Waals surface area contributed by atoms with Crippen molar-refractivity contribution in [2.75, 3.05) is 25.0 Å². The van der Waals surface area contributed by atoms with E-state index in [4.69, 9.17) is 22.4 Å². The standard InChI is InChI=1S/C26H28ClN5O/c1-18(30-2)32(25(28)17-31-16-24(33)19-8-4-3-5-9-19)23-11-7-6-10-22(23)26(29)20-12-14-21(27)15-13-20/h3-15,24,28-29,31,33H,16-17H2,1-2H3. The molecule has 0 aliphatic carbocycles. The summed E-state index contributed by atoms with van der Waals surface area (Å²) in [5.74, 6) is 0.886. The van der Waals surface area contributed by atoms with Crippen LogP contribution >= 0.6 is 11.6 Å². The Balaban J connectivity index is 1.81. The molecule has 0 heterocycles. The Labute approximate surface area is 199 Å². The molecule has 0 aliphatic rings. The summed E-state index contributed by atoms with van der Waals surface area (Å²) >= 11 is 6.01. The van der Waals surface area contributed by atoms with Crippen molar-refractivity contribution in [1.82, 2.24) is 5.32 Å². The molecule has 0 radical (unpaired) electrons. The van der Waals surface area contributed by atoms with Crippen LogP contribution in [0.2, 0.25) is 5.02 Å². The van der Waals surface area contributed by atoms with Crippen LogP contribution in [0.1, 0.15) is 29.7 Å². The normalized spacial score (nSPS) is 12.3. The van der Waals surface area contributed by atoms with Crippen LogP contribution in [0.5, 0.6) is 0 Å². The minimum absolute atomic E-state index is 0.222. The van der Waals surface area contributed by atoms with Gasteiger partial charge < -0.3 is 10.4 Å². The first kappa shape index (κ1) is 24.3. The third-order valence-electron chi connectivity index (χ3n) is 5.28. The fourth-order valence-corrected chi connectivity index (χ4v) is 3.59. The summed E-state index contributed by atoms with van der Waals surface area (Å²) in [5.41, 5.74) is 3.25. The number of aliphatic hydroxyl groups is 1. The highest BCUT2D eigenvalue weighted by atomic mass is 35.5.